The van der Waals surface area contributed by atoms with Crippen LogP contribution in [0.4, 0.5) is 0 Å². The molecule has 35 heavy (non-hydrogen) atoms. The van der Waals surface area contributed by atoms with E-state index in [-0.39, 0.29) is 28.0 Å². The molecule has 9 heteroatoms. The smallest absolute Gasteiger partial charge is 0.339 e. The standard InChI is InChI=1S/C26H23BrO7S/c1-32-22-14-15(13-17(27)26(22)34-35(30,31)16-7-3-2-4-8-16)23-24-18(28)9-5-11-20(24)33-21-12-6-10-19(29)25(21)23/h2-4,7-8,13-14,23H,5-6,9-12H2,1H3. The maximum atomic E-state index is 13.0. The Morgan fingerprint density at radius 1 is 0.914 bits per heavy atom. The Bertz CT molecular complexity index is 1350. The number of Topliss-reactive ketones (excluding diaryl/α,β-unsaturated/α-hetero) is 2. The van der Waals surface area contributed by atoms with Crippen molar-refractivity contribution in [2.24, 2.45) is 0 Å². The molecular formula is C26H23BrO7S. The molecule has 2 aromatic rings. The van der Waals surface area contributed by atoms with Crippen molar-refractivity contribution in [1.29, 1.82) is 0 Å². The van der Waals surface area contributed by atoms with Crippen LogP contribution in [0.25, 0.3) is 0 Å². The summed E-state index contributed by atoms with van der Waals surface area (Å²) in [5.41, 5.74) is 1.64. The van der Waals surface area contributed by atoms with Gasteiger partial charge in [-0.3, -0.25) is 9.59 Å². The van der Waals surface area contributed by atoms with E-state index in [2.05, 4.69) is 15.9 Å². The van der Waals surface area contributed by atoms with Gasteiger partial charge in [-0.25, -0.2) is 0 Å². The van der Waals surface area contributed by atoms with Crippen molar-refractivity contribution < 1.29 is 31.7 Å². The second kappa shape index (κ2) is 9.28. The summed E-state index contributed by atoms with van der Waals surface area (Å²) in [6.07, 6.45) is 3.47. The summed E-state index contributed by atoms with van der Waals surface area (Å²) in [7, 11) is -2.71. The SMILES string of the molecule is COc1cc(C2C3=C(CCCC3=O)OC3=C2C(=O)CCC3)cc(Br)c1OS(=O)(=O)c1ccccc1. The van der Waals surface area contributed by atoms with Gasteiger partial charge in [0.1, 0.15) is 16.4 Å². The van der Waals surface area contributed by atoms with E-state index in [9.17, 15) is 18.0 Å². The third kappa shape index (κ3) is 4.31. The number of carbonyl (C=O) groups is 2. The molecule has 2 aromatic carbocycles. The van der Waals surface area contributed by atoms with Crippen LogP contribution in [0.2, 0.25) is 0 Å². The molecule has 0 amide bonds. The van der Waals surface area contributed by atoms with Crippen molar-refractivity contribution in [3.63, 3.8) is 0 Å². The number of methoxy groups -OCH3 is 1. The normalized spacial score (nSPS) is 18.7. The summed E-state index contributed by atoms with van der Waals surface area (Å²) in [5.74, 6) is 0.728. The molecule has 0 unspecified atom stereocenters. The van der Waals surface area contributed by atoms with Crippen LogP contribution in [-0.4, -0.2) is 27.1 Å². The first-order chi connectivity index (χ1) is 16.8. The first-order valence-electron chi connectivity index (χ1n) is 11.4. The lowest BCUT2D eigenvalue weighted by molar-refractivity contribution is -0.117. The van der Waals surface area contributed by atoms with Gasteiger partial charge in [-0.15, -0.1) is 0 Å². The second-order valence-electron chi connectivity index (χ2n) is 8.65. The van der Waals surface area contributed by atoms with Crippen molar-refractivity contribution in [3.8, 4) is 11.5 Å². The predicted molar refractivity (Wildman–Crippen MR) is 131 cm³/mol. The van der Waals surface area contributed by atoms with Crippen LogP contribution in [0.1, 0.15) is 50.0 Å². The largest absolute Gasteiger partial charge is 0.493 e. The molecule has 7 nitrogen and oxygen atoms in total. The zero-order valence-corrected chi connectivity index (χ0v) is 21.4. The van der Waals surface area contributed by atoms with Gasteiger partial charge >= 0.3 is 10.1 Å². The average Bonchev–Trinajstić information content (AvgIpc) is 2.85. The molecule has 3 aliphatic rings. The van der Waals surface area contributed by atoms with E-state index in [1.807, 2.05) is 0 Å². The van der Waals surface area contributed by atoms with Crippen LogP contribution >= 0.6 is 15.9 Å². The minimum absolute atomic E-state index is 0.00709. The molecule has 0 spiro atoms. The topological polar surface area (TPSA) is 96.0 Å². The zero-order chi connectivity index (χ0) is 24.7. The number of carbonyl (C=O) groups excluding carboxylic acids is 2. The van der Waals surface area contributed by atoms with E-state index in [1.54, 1.807) is 30.3 Å². The van der Waals surface area contributed by atoms with Crippen LogP contribution in [-0.2, 0) is 24.4 Å². The molecule has 0 atom stereocenters. The number of halogens is 1. The molecule has 182 valence electrons. The maximum Gasteiger partial charge on any atom is 0.339 e. The maximum absolute atomic E-state index is 13.0. The van der Waals surface area contributed by atoms with Crippen molar-refractivity contribution in [2.75, 3.05) is 7.11 Å². The summed E-state index contributed by atoms with van der Waals surface area (Å²) in [5, 5.41) is 0. The van der Waals surface area contributed by atoms with Crippen molar-refractivity contribution >= 4 is 37.6 Å². The van der Waals surface area contributed by atoms with E-state index in [0.717, 1.165) is 0 Å². The Kier molecular flexibility index (Phi) is 6.31. The quantitative estimate of drug-likeness (QED) is 0.456. The third-order valence-corrected chi connectivity index (χ3v) is 8.28. The molecule has 0 radical (unpaired) electrons. The molecular weight excluding hydrogens is 536 g/mol. The van der Waals surface area contributed by atoms with Gasteiger partial charge in [-0.2, -0.15) is 8.42 Å². The highest BCUT2D eigenvalue weighted by Crippen LogP contribution is 2.50. The van der Waals surface area contributed by atoms with E-state index >= 15 is 0 Å². The van der Waals surface area contributed by atoms with Gasteiger partial charge in [0.25, 0.3) is 0 Å². The fourth-order valence-electron chi connectivity index (χ4n) is 4.88. The zero-order valence-electron chi connectivity index (χ0n) is 19.0. The highest BCUT2D eigenvalue weighted by Gasteiger charge is 2.42. The number of benzene rings is 2. The number of ether oxygens (including phenoxy) is 2. The van der Waals surface area contributed by atoms with Crippen LogP contribution < -0.4 is 8.92 Å². The molecule has 0 bridgehead atoms. The number of hydrogen-bond acceptors (Lipinski definition) is 7. The van der Waals surface area contributed by atoms with E-state index in [0.29, 0.717) is 71.2 Å². The molecule has 1 aliphatic heterocycles. The lowest BCUT2D eigenvalue weighted by atomic mass is 9.73. The third-order valence-electron chi connectivity index (χ3n) is 6.45. The van der Waals surface area contributed by atoms with Gasteiger partial charge in [0, 0.05) is 42.7 Å². The number of hydrogen-bond donors (Lipinski definition) is 0. The van der Waals surface area contributed by atoms with Crippen molar-refractivity contribution in [3.05, 3.63) is 75.2 Å². The van der Waals surface area contributed by atoms with E-state index in [1.165, 1.54) is 19.2 Å². The summed E-state index contributed by atoms with van der Waals surface area (Å²) >= 11 is 3.43. The first-order valence-corrected chi connectivity index (χ1v) is 13.6. The lowest BCUT2D eigenvalue weighted by Gasteiger charge is -2.36. The van der Waals surface area contributed by atoms with Crippen LogP contribution in [0.5, 0.6) is 11.5 Å². The van der Waals surface area contributed by atoms with Gasteiger partial charge in [0.05, 0.1) is 11.6 Å². The van der Waals surface area contributed by atoms with Gasteiger partial charge in [-0.05, 0) is 58.6 Å². The minimum atomic E-state index is -4.12. The Morgan fingerprint density at radius 2 is 1.51 bits per heavy atom. The molecule has 0 fully saturated rings. The number of allylic oxidation sites excluding steroid dienone is 4. The Hall–Kier alpha value is -2.91. The summed E-state index contributed by atoms with van der Waals surface area (Å²) in [4.78, 5) is 26.1. The second-order valence-corrected chi connectivity index (χ2v) is 11.0. The Labute approximate surface area is 212 Å². The predicted octanol–water partition coefficient (Wildman–Crippen LogP) is 5.35. The monoisotopic (exact) mass is 558 g/mol. The summed E-state index contributed by atoms with van der Waals surface area (Å²) < 4.78 is 43.1. The fourth-order valence-corrected chi connectivity index (χ4v) is 6.51. The Balaban J connectivity index is 1.62. The summed E-state index contributed by atoms with van der Waals surface area (Å²) in [6.45, 7) is 0. The van der Waals surface area contributed by atoms with Crippen molar-refractivity contribution in [1.82, 2.24) is 0 Å². The van der Waals surface area contributed by atoms with Crippen LogP contribution in [0.15, 0.2) is 74.5 Å². The fraction of sp³-hybridized carbons (Fsp3) is 0.308. The van der Waals surface area contributed by atoms with E-state index < -0.39 is 16.0 Å². The molecule has 0 aromatic heterocycles. The molecule has 0 saturated carbocycles. The molecule has 5 rings (SSSR count). The van der Waals surface area contributed by atoms with Gasteiger partial charge < -0.3 is 13.7 Å². The van der Waals surface area contributed by atoms with Gasteiger partial charge in [0.2, 0.25) is 0 Å². The average molecular weight is 559 g/mol. The summed E-state index contributed by atoms with van der Waals surface area (Å²) in [6, 6.07) is 11.1. The minimum Gasteiger partial charge on any atom is -0.493 e. The Morgan fingerprint density at radius 3 is 2.09 bits per heavy atom. The van der Waals surface area contributed by atoms with Crippen molar-refractivity contribution in [2.45, 2.75) is 49.3 Å². The molecule has 1 heterocycles. The number of rotatable bonds is 5. The first kappa shape index (κ1) is 23.8. The van der Waals surface area contributed by atoms with Crippen LogP contribution in [0.3, 0.4) is 0 Å². The highest BCUT2D eigenvalue weighted by atomic mass is 79.9. The van der Waals surface area contributed by atoms with Crippen LogP contribution in [0, 0.1) is 0 Å². The van der Waals surface area contributed by atoms with E-state index in [4.69, 9.17) is 13.7 Å². The van der Waals surface area contributed by atoms with Gasteiger partial charge in [-0.1, -0.05) is 18.2 Å². The lowest BCUT2D eigenvalue weighted by Crippen LogP contribution is -2.30. The van der Waals surface area contributed by atoms with Gasteiger partial charge in [0.15, 0.2) is 23.1 Å². The highest BCUT2D eigenvalue weighted by molar-refractivity contribution is 9.10. The number of ketones is 2. The molecule has 0 saturated heterocycles. The molecule has 2 aliphatic carbocycles. The molecule has 0 N–H and O–H groups in total.